The van der Waals surface area contributed by atoms with Gasteiger partial charge in [0.2, 0.25) is 10.0 Å². The molecule has 0 spiro atoms. The van der Waals surface area contributed by atoms with Gasteiger partial charge in [-0.2, -0.15) is 9.57 Å². The normalized spacial score (nSPS) is 15.6. The molecule has 1 aliphatic heterocycles. The van der Waals surface area contributed by atoms with Crippen molar-refractivity contribution in [3.05, 3.63) is 54.1 Å². The first-order chi connectivity index (χ1) is 12.1. The smallest absolute Gasteiger partial charge is 0.244 e. The van der Waals surface area contributed by atoms with E-state index in [1.54, 1.807) is 19.2 Å². The molecule has 3 rings (SSSR count). The Hall–Kier alpha value is -2.56. The van der Waals surface area contributed by atoms with Crippen molar-refractivity contribution in [2.75, 3.05) is 38.2 Å². The summed E-state index contributed by atoms with van der Waals surface area (Å²) in [6.07, 6.45) is 0. The molecule has 0 aliphatic carbocycles. The summed E-state index contributed by atoms with van der Waals surface area (Å²) in [6.45, 7) is 1.96. The number of nitrogens with zero attached hydrogens (tertiary/aromatic N) is 3. The van der Waals surface area contributed by atoms with E-state index in [2.05, 4.69) is 4.90 Å². The number of benzene rings is 2. The van der Waals surface area contributed by atoms with E-state index in [0.29, 0.717) is 26.2 Å². The molecule has 0 amide bonds. The summed E-state index contributed by atoms with van der Waals surface area (Å²) in [7, 11) is -2.03. The second-order valence-corrected chi connectivity index (χ2v) is 7.60. The van der Waals surface area contributed by atoms with Gasteiger partial charge in [0.25, 0.3) is 0 Å². The lowest BCUT2D eigenvalue weighted by atomic mass is 10.2. The van der Waals surface area contributed by atoms with E-state index in [4.69, 9.17) is 10.00 Å². The minimum absolute atomic E-state index is 0.0791. The zero-order valence-corrected chi connectivity index (χ0v) is 14.7. The van der Waals surface area contributed by atoms with Crippen molar-refractivity contribution in [1.82, 2.24) is 4.31 Å². The molecule has 130 valence electrons. The molecule has 0 N–H and O–H groups in total. The molecule has 0 radical (unpaired) electrons. The second kappa shape index (κ2) is 7.13. The largest absolute Gasteiger partial charge is 0.497 e. The van der Waals surface area contributed by atoms with Crippen LogP contribution in [0.4, 0.5) is 5.69 Å². The first kappa shape index (κ1) is 17.3. The zero-order valence-electron chi connectivity index (χ0n) is 13.9. The van der Waals surface area contributed by atoms with Crippen LogP contribution in [0, 0.1) is 11.3 Å². The van der Waals surface area contributed by atoms with E-state index in [9.17, 15) is 8.42 Å². The second-order valence-electron chi connectivity index (χ2n) is 5.70. The monoisotopic (exact) mass is 357 g/mol. The Balaban J connectivity index is 1.74. The van der Waals surface area contributed by atoms with Gasteiger partial charge in [-0.25, -0.2) is 8.42 Å². The van der Waals surface area contributed by atoms with Crippen LogP contribution < -0.4 is 9.64 Å². The fourth-order valence-corrected chi connectivity index (χ4v) is 4.47. The van der Waals surface area contributed by atoms with Crippen molar-refractivity contribution in [1.29, 1.82) is 5.26 Å². The summed E-state index contributed by atoms with van der Waals surface area (Å²) < 4.78 is 32.3. The Labute approximate surface area is 147 Å². The molecule has 2 aromatic carbocycles. The van der Waals surface area contributed by atoms with Gasteiger partial charge in [-0.1, -0.05) is 12.1 Å². The third-order valence-electron chi connectivity index (χ3n) is 4.30. The van der Waals surface area contributed by atoms with E-state index < -0.39 is 10.0 Å². The maximum Gasteiger partial charge on any atom is 0.244 e. The van der Waals surface area contributed by atoms with Crippen molar-refractivity contribution in [3.63, 3.8) is 0 Å². The quantitative estimate of drug-likeness (QED) is 0.838. The fourth-order valence-electron chi connectivity index (χ4n) is 2.90. The van der Waals surface area contributed by atoms with Crippen LogP contribution in [0.3, 0.4) is 0 Å². The summed E-state index contributed by atoms with van der Waals surface area (Å²) in [6, 6.07) is 16.0. The van der Waals surface area contributed by atoms with Crippen LogP contribution in [0.5, 0.6) is 5.75 Å². The number of anilines is 1. The highest BCUT2D eigenvalue weighted by atomic mass is 32.2. The van der Waals surface area contributed by atoms with Crippen LogP contribution in [-0.2, 0) is 10.0 Å². The third kappa shape index (κ3) is 3.45. The Morgan fingerprint density at radius 2 is 1.64 bits per heavy atom. The molecular formula is C18H19N3O3S. The molecule has 1 aliphatic rings. The maximum atomic E-state index is 12.8. The lowest BCUT2D eigenvalue weighted by Gasteiger charge is -2.35. The van der Waals surface area contributed by atoms with Crippen LogP contribution in [0.15, 0.2) is 53.4 Å². The van der Waals surface area contributed by atoms with Gasteiger partial charge >= 0.3 is 0 Å². The van der Waals surface area contributed by atoms with E-state index >= 15 is 0 Å². The van der Waals surface area contributed by atoms with Gasteiger partial charge in [-0.3, -0.25) is 0 Å². The molecule has 0 saturated carbocycles. The average molecular weight is 357 g/mol. The molecule has 1 heterocycles. The molecule has 6 nitrogen and oxygen atoms in total. The van der Waals surface area contributed by atoms with Crippen molar-refractivity contribution in [2.24, 2.45) is 0 Å². The van der Waals surface area contributed by atoms with Crippen LogP contribution in [-0.4, -0.2) is 46.0 Å². The van der Waals surface area contributed by atoms with E-state index in [1.807, 2.05) is 30.3 Å². The number of nitriles is 1. The summed E-state index contributed by atoms with van der Waals surface area (Å²) in [5.41, 5.74) is 1.22. The molecule has 0 aromatic heterocycles. The fraction of sp³-hybridized carbons (Fsp3) is 0.278. The first-order valence-electron chi connectivity index (χ1n) is 7.94. The minimum Gasteiger partial charge on any atom is -0.497 e. The van der Waals surface area contributed by atoms with Crippen LogP contribution in [0.1, 0.15) is 5.56 Å². The predicted octanol–water partition coefficient (Wildman–Crippen LogP) is 2.08. The predicted molar refractivity (Wildman–Crippen MR) is 95.1 cm³/mol. The van der Waals surface area contributed by atoms with Gasteiger partial charge < -0.3 is 9.64 Å². The Morgan fingerprint density at radius 1 is 1.00 bits per heavy atom. The zero-order chi connectivity index (χ0) is 17.9. The molecular weight excluding hydrogens is 338 g/mol. The summed E-state index contributed by atoms with van der Waals surface area (Å²) in [5.74, 6) is 0.790. The molecule has 7 heteroatoms. The van der Waals surface area contributed by atoms with Crippen molar-refractivity contribution in [3.8, 4) is 11.8 Å². The highest BCUT2D eigenvalue weighted by molar-refractivity contribution is 7.89. The van der Waals surface area contributed by atoms with E-state index in [-0.39, 0.29) is 10.5 Å². The summed E-state index contributed by atoms with van der Waals surface area (Å²) in [5, 5.41) is 9.16. The summed E-state index contributed by atoms with van der Waals surface area (Å²) >= 11 is 0. The van der Waals surface area contributed by atoms with Gasteiger partial charge in [0.1, 0.15) is 11.8 Å². The Kier molecular flexibility index (Phi) is 4.93. The van der Waals surface area contributed by atoms with Crippen LogP contribution in [0.25, 0.3) is 0 Å². The summed E-state index contributed by atoms with van der Waals surface area (Å²) in [4.78, 5) is 2.22. The Morgan fingerprint density at radius 3 is 2.24 bits per heavy atom. The average Bonchev–Trinajstić information content (AvgIpc) is 2.68. The third-order valence-corrected chi connectivity index (χ3v) is 6.26. The highest BCUT2D eigenvalue weighted by Gasteiger charge is 2.30. The SMILES string of the molecule is COc1ccc(N2CCN(S(=O)(=O)c3ccccc3C#N)CC2)cc1. The van der Waals surface area contributed by atoms with Crippen molar-refractivity contribution in [2.45, 2.75) is 4.90 Å². The number of piperazine rings is 1. The topological polar surface area (TPSA) is 73.6 Å². The van der Waals surface area contributed by atoms with Crippen molar-refractivity contribution >= 4 is 15.7 Å². The van der Waals surface area contributed by atoms with Crippen molar-refractivity contribution < 1.29 is 13.2 Å². The number of hydrogen-bond donors (Lipinski definition) is 0. The molecule has 25 heavy (non-hydrogen) atoms. The van der Waals surface area contributed by atoms with Crippen LogP contribution >= 0.6 is 0 Å². The van der Waals surface area contributed by atoms with Gasteiger partial charge in [0.15, 0.2) is 0 Å². The molecule has 0 unspecified atom stereocenters. The lowest BCUT2D eigenvalue weighted by Crippen LogP contribution is -2.48. The maximum absolute atomic E-state index is 12.8. The van der Waals surface area contributed by atoms with Crippen LogP contribution in [0.2, 0.25) is 0 Å². The Bertz CT molecular complexity index is 881. The molecule has 0 atom stereocenters. The van der Waals surface area contributed by atoms with Gasteiger partial charge in [-0.05, 0) is 36.4 Å². The molecule has 0 bridgehead atoms. The number of hydrogen-bond acceptors (Lipinski definition) is 5. The highest BCUT2D eigenvalue weighted by Crippen LogP contribution is 2.24. The first-order valence-corrected chi connectivity index (χ1v) is 9.38. The molecule has 1 fully saturated rings. The van der Waals surface area contributed by atoms with Gasteiger partial charge in [-0.15, -0.1) is 0 Å². The van der Waals surface area contributed by atoms with E-state index in [1.165, 1.54) is 16.4 Å². The van der Waals surface area contributed by atoms with E-state index in [0.717, 1.165) is 11.4 Å². The van der Waals surface area contributed by atoms with Gasteiger partial charge in [0.05, 0.1) is 17.6 Å². The minimum atomic E-state index is -3.66. The standard InChI is InChI=1S/C18H19N3O3S/c1-24-17-8-6-16(7-9-17)20-10-12-21(13-11-20)25(22,23)18-5-3-2-4-15(18)14-19/h2-9H,10-13H2,1H3. The molecule has 2 aromatic rings. The number of methoxy groups -OCH3 is 1. The number of rotatable bonds is 4. The van der Waals surface area contributed by atoms with Gasteiger partial charge in [0, 0.05) is 31.9 Å². The molecule has 1 saturated heterocycles. The number of sulfonamides is 1. The lowest BCUT2D eigenvalue weighted by molar-refractivity contribution is 0.384. The number of ether oxygens (including phenoxy) is 1.